The molecule has 1 aromatic carbocycles. The van der Waals surface area contributed by atoms with Crippen LogP contribution in [0.1, 0.15) is 35.7 Å². The number of halogens is 1. The number of likely N-dealkylation sites (tertiary alicyclic amines) is 1. The molecule has 0 atom stereocenters. The van der Waals surface area contributed by atoms with Crippen molar-refractivity contribution in [2.24, 2.45) is 5.92 Å². The summed E-state index contributed by atoms with van der Waals surface area (Å²) in [6.07, 6.45) is 1.38. The molecule has 0 spiro atoms. The lowest BCUT2D eigenvalue weighted by Crippen LogP contribution is -2.47. The molecular formula is C17H21IN2O3S. The quantitative estimate of drug-likeness (QED) is 0.427. The number of carbonyl (C=O) groups excluding carboxylic acids is 2. The molecule has 24 heavy (non-hydrogen) atoms. The van der Waals surface area contributed by atoms with E-state index >= 15 is 0 Å². The topological polar surface area (TPSA) is 58.6 Å². The number of benzene rings is 1. The molecule has 1 fully saturated rings. The Morgan fingerprint density at radius 3 is 2.62 bits per heavy atom. The van der Waals surface area contributed by atoms with Crippen LogP contribution in [0.5, 0.6) is 0 Å². The van der Waals surface area contributed by atoms with Crippen molar-refractivity contribution in [3.63, 3.8) is 0 Å². The van der Waals surface area contributed by atoms with Crippen LogP contribution in [0.25, 0.3) is 0 Å². The zero-order chi connectivity index (χ0) is 17.7. The maximum absolute atomic E-state index is 12.3. The number of aryl methyl sites for hydroxylation is 1. The first-order valence-corrected chi connectivity index (χ1v) is 9.44. The van der Waals surface area contributed by atoms with E-state index in [0.29, 0.717) is 43.2 Å². The highest BCUT2D eigenvalue weighted by Crippen LogP contribution is 2.19. The molecule has 1 aromatic rings. The Hall–Kier alpha value is -1.22. The van der Waals surface area contributed by atoms with Crippen molar-refractivity contribution >= 4 is 51.8 Å². The van der Waals surface area contributed by atoms with E-state index in [1.165, 1.54) is 0 Å². The normalized spacial score (nSPS) is 15.0. The average molecular weight is 460 g/mol. The minimum absolute atomic E-state index is 0.0709. The van der Waals surface area contributed by atoms with Crippen molar-refractivity contribution in [2.45, 2.75) is 26.7 Å². The first-order valence-electron chi connectivity index (χ1n) is 7.95. The second-order valence-electron chi connectivity index (χ2n) is 5.74. The third-order valence-corrected chi connectivity index (χ3v) is 5.58. The van der Waals surface area contributed by atoms with Crippen molar-refractivity contribution < 1.29 is 14.3 Å². The van der Waals surface area contributed by atoms with Crippen LogP contribution < -0.4 is 5.32 Å². The van der Waals surface area contributed by atoms with E-state index in [-0.39, 0.29) is 17.8 Å². The molecule has 130 valence electrons. The predicted molar refractivity (Wildman–Crippen MR) is 105 cm³/mol. The number of esters is 1. The summed E-state index contributed by atoms with van der Waals surface area (Å²) < 4.78 is 6.10. The van der Waals surface area contributed by atoms with E-state index < -0.39 is 0 Å². The Morgan fingerprint density at radius 1 is 1.38 bits per heavy atom. The first kappa shape index (κ1) is 19.1. The fourth-order valence-corrected chi connectivity index (χ4v) is 3.35. The second kappa shape index (κ2) is 8.75. The molecule has 1 heterocycles. The molecule has 0 unspecified atom stereocenters. The zero-order valence-corrected chi connectivity index (χ0v) is 16.8. The lowest BCUT2D eigenvalue weighted by atomic mass is 9.97. The summed E-state index contributed by atoms with van der Waals surface area (Å²) in [4.78, 5) is 26.0. The second-order valence-corrected chi connectivity index (χ2v) is 7.29. The number of piperidine rings is 1. The van der Waals surface area contributed by atoms with Gasteiger partial charge in [0, 0.05) is 22.2 Å². The molecule has 0 radical (unpaired) electrons. The third-order valence-electron chi connectivity index (χ3n) is 4.06. The Labute approximate surface area is 161 Å². The number of hydrogen-bond acceptors (Lipinski definition) is 4. The molecule has 1 aliphatic heterocycles. The van der Waals surface area contributed by atoms with Gasteiger partial charge in [-0.25, -0.2) is 0 Å². The number of nitrogens with one attached hydrogen (secondary N) is 1. The Kier molecular flexibility index (Phi) is 6.97. The van der Waals surface area contributed by atoms with Gasteiger partial charge in [-0.3, -0.25) is 14.9 Å². The Morgan fingerprint density at radius 2 is 2.04 bits per heavy atom. The number of nitrogens with zero attached hydrogens (tertiary/aromatic N) is 1. The lowest BCUT2D eigenvalue weighted by molar-refractivity contribution is -0.149. The molecule has 7 heteroatoms. The molecular weight excluding hydrogens is 439 g/mol. The van der Waals surface area contributed by atoms with Gasteiger partial charge in [0.15, 0.2) is 5.11 Å². The number of hydrogen-bond donors (Lipinski definition) is 1. The molecule has 1 aliphatic rings. The SMILES string of the molecule is CCOC(=O)C1CCN(C(=S)NC(=O)c2ccc(C)c(I)c2)CC1. The van der Waals surface area contributed by atoms with Crippen molar-refractivity contribution in [1.82, 2.24) is 10.2 Å². The highest BCUT2D eigenvalue weighted by atomic mass is 127. The third kappa shape index (κ3) is 4.89. The number of thiocarbonyl (C=S) groups is 1. The number of rotatable bonds is 3. The van der Waals surface area contributed by atoms with Crippen molar-refractivity contribution in [1.29, 1.82) is 0 Å². The molecule has 1 N–H and O–H groups in total. The number of carbonyl (C=O) groups is 2. The highest BCUT2D eigenvalue weighted by molar-refractivity contribution is 14.1. The van der Waals surface area contributed by atoms with E-state index in [1.54, 1.807) is 6.07 Å². The number of amides is 1. The molecule has 0 aromatic heterocycles. The summed E-state index contributed by atoms with van der Waals surface area (Å²) in [5.74, 6) is -0.412. The van der Waals surface area contributed by atoms with Gasteiger partial charge >= 0.3 is 5.97 Å². The van der Waals surface area contributed by atoms with Gasteiger partial charge in [-0.05, 0) is 79.2 Å². The monoisotopic (exact) mass is 460 g/mol. The van der Waals surface area contributed by atoms with Gasteiger partial charge in [-0.1, -0.05) is 6.07 Å². The van der Waals surface area contributed by atoms with Crippen molar-refractivity contribution in [3.05, 3.63) is 32.9 Å². The Balaban J connectivity index is 1.88. The molecule has 5 nitrogen and oxygen atoms in total. The van der Waals surface area contributed by atoms with Gasteiger partial charge in [-0.2, -0.15) is 0 Å². The highest BCUT2D eigenvalue weighted by Gasteiger charge is 2.27. The maximum Gasteiger partial charge on any atom is 0.309 e. The Bertz CT molecular complexity index is 643. The van der Waals surface area contributed by atoms with Crippen LogP contribution in [0.4, 0.5) is 0 Å². The molecule has 0 bridgehead atoms. The minimum atomic E-state index is -0.203. The summed E-state index contributed by atoms with van der Waals surface area (Å²) in [6.45, 7) is 5.51. The van der Waals surface area contributed by atoms with E-state index in [4.69, 9.17) is 17.0 Å². The van der Waals surface area contributed by atoms with E-state index in [1.807, 2.05) is 30.9 Å². The van der Waals surface area contributed by atoms with Crippen LogP contribution >= 0.6 is 34.8 Å². The summed E-state index contributed by atoms with van der Waals surface area (Å²) in [7, 11) is 0. The lowest BCUT2D eigenvalue weighted by Gasteiger charge is -2.32. The van der Waals surface area contributed by atoms with Crippen LogP contribution in [0.3, 0.4) is 0 Å². The zero-order valence-electron chi connectivity index (χ0n) is 13.8. The minimum Gasteiger partial charge on any atom is -0.466 e. The van der Waals surface area contributed by atoms with E-state index in [0.717, 1.165) is 9.13 Å². The van der Waals surface area contributed by atoms with Crippen molar-refractivity contribution in [2.75, 3.05) is 19.7 Å². The first-order chi connectivity index (χ1) is 11.4. The standard InChI is InChI=1S/C17H21IN2O3S/c1-3-23-16(22)12-6-8-20(9-7-12)17(24)19-15(21)13-5-4-11(2)14(18)10-13/h4-5,10,12H,3,6-9H2,1-2H3,(H,19,21,24). The van der Waals surface area contributed by atoms with Gasteiger partial charge < -0.3 is 9.64 Å². The average Bonchev–Trinajstić information content (AvgIpc) is 2.57. The van der Waals surface area contributed by atoms with E-state index in [9.17, 15) is 9.59 Å². The van der Waals surface area contributed by atoms with E-state index in [2.05, 4.69) is 27.9 Å². The van der Waals surface area contributed by atoms with Gasteiger partial charge in [-0.15, -0.1) is 0 Å². The van der Waals surface area contributed by atoms with Gasteiger partial charge in [0.2, 0.25) is 0 Å². The fourth-order valence-electron chi connectivity index (χ4n) is 2.56. The van der Waals surface area contributed by atoms with Crippen molar-refractivity contribution in [3.8, 4) is 0 Å². The predicted octanol–water partition coefficient (Wildman–Crippen LogP) is 2.89. The molecule has 1 amide bonds. The van der Waals surface area contributed by atoms with Gasteiger partial charge in [0.05, 0.1) is 12.5 Å². The van der Waals surface area contributed by atoms with Gasteiger partial charge in [0.1, 0.15) is 0 Å². The summed E-state index contributed by atoms with van der Waals surface area (Å²) in [5.41, 5.74) is 1.73. The summed E-state index contributed by atoms with van der Waals surface area (Å²) in [5, 5.41) is 3.20. The fraction of sp³-hybridized carbons (Fsp3) is 0.471. The van der Waals surface area contributed by atoms with Crippen LogP contribution in [-0.2, 0) is 9.53 Å². The van der Waals surface area contributed by atoms with Crippen LogP contribution in [0.15, 0.2) is 18.2 Å². The summed E-state index contributed by atoms with van der Waals surface area (Å²) >= 11 is 7.55. The largest absolute Gasteiger partial charge is 0.466 e. The summed E-state index contributed by atoms with van der Waals surface area (Å²) in [6, 6.07) is 5.56. The molecule has 1 saturated heterocycles. The maximum atomic E-state index is 12.3. The van der Waals surface area contributed by atoms with Gasteiger partial charge in [0.25, 0.3) is 5.91 Å². The molecule has 0 aliphatic carbocycles. The van der Waals surface area contributed by atoms with Crippen LogP contribution in [0, 0.1) is 16.4 Å². The van der Waals surface area contributed by atoms with Crippen LogP contribution in [0.2, 0.25) is 0 Å². The molecule has 0 saturated carbocycles. The number of ether oxygens (including phenoxy) is 1. The van der Waals surface area contributed by atoms with Crippen LogP contribution in [-0.4, -0.2) is 41.6 Å². The smallest absolute Gasteiger partial charge is 0.309 e. The molecule has 2 rings (SSSR count).